The van der Waals surface area contributed by atoms with E-state index in [1.807, 2.05) is 24.3 Å². The fourth-order valence-corrected chi connectivity index (χ4v) is 2.20. The fraction of sp³-hybridized carbons (Fsp3) is 0.188. The van der Waals surface area contributed by atoms with Gasteiger partial charge < -0.3 is 4.74 Å². The van der Waals surface area contributed by atoms with E-state index in [1.54, 1.807) is 12.1 Å². The van der Waals surface area contributed by atoms with Crippen molar-refractivity contribution in [2.24, 2.45) is 0 Å². The minimum absolute atomic E-state index is 0.367. The number of halogens is 1. The van der Waals surface area contributed by atoms with Crippen molar-refractivity contribution < 1.29 is 4.74 Å². The molecule has 0 aliphatic rings. The zero-order valence-electron chi connectivity index (χ0n) is 10.9. The van der Waals surface area contributed by atoms with E-state index in [1.165, 1.54) is 0 Å². The number of ether oxygens (including phenoxy) is 1. The van der Waals surface area contributed by atoms with Crippen LogP contribution in [-0.2, 0) is 0 Å². The molecule has 0 unspecified atom stereocenters. The van der Waals surface area contributed by atoms with Crippen LogP contribution in [0.3, 0.4) is 0 Å². The van der Waals surface area contributed by atoms with Gasteiger partial charge in [0, 0.05) is 4.47 Å². The topological polar surface area (TPSA) is 33.0 Å². The Bertz CT molecular complexity index is 629. The Morgan fingerprint density at radius 3 is 2.63 bits per heavy atom. The van der Waals surface area contributed by atoms with Crippen molar-refractivity contribution in [3.63, 3.8) is 0 Å². The van der Waals surface area contributed by atoms with Crippen LogP contribution >= 0.6 is 15.9 Å². The average Bonchev–Trinajstić information content (AvgIpc) is 2.41. The minimum Gasteiger partial charge on any atom is -0.457 e. The van der Waals surface area contributed by atoms with Gasteiger partial charge in [0.2, 0.25) is 0 Å². The molecule has 0 aromatic heterocycles. The summed E-state index contributed by atoms with van der Waals surface area (Å²) < 4.78 is 6.93. The molecular weight excluding hydrogens is 302 g/mol. The number of hydrogen-bond acceptors (Lipinski definition) is 2. The highest BCUT2D eigenvalue weighted by atomic mass is 79.9. The van der Waals surface area contributed by atoms with Gasteiger partial charge in [-0.1, -0.05) is 35.8 Å². The first-order valence-corrected chi connectivity index (χ1v) is 6.87. The Balaban J connectivity index is 2.35. The molecule has 0 fully saturated rings. The molecule has 19 heavy (non-hydrogen) atoms. The summed E-state index contributed by atoms with van der Waals surface area (Å²) in [5.74, 6) is 1.88. The highest BCUT2D eigenvalue weighted by Gasteiger charge is 2.09. The van der Waals surface area contributed by atoms with Gasteiger partial charge in [-0.3, -0.25) is 0 Å². The van der Waals surface area contributed by atoms with E-state index < -0.39 is 0 Å². The first-order valence-electron chi connectivity index (χ1n) is 6.07. The highest BCUT2D eigenvalue weighted by molar-refractivity contribution is 9.10. The standard InChI is InChI=1S/C16H14BrNO/c1-11(2)15-9-13(17)6-7-16(15)19-14-5-3-4-12(8-14)10-18/h3-9,11H,1-2H3. The third-order valence-electron chi connectivity index (χ3n) is 2.78. The van der Waals surface area contributed by atoms with E-state index >= 15 is 0 Å². The lowest BCUT2D eigenvalue weighted by molar-refractivity contribution is 0.473. The molecule has 0 bridgehead atoms. The molecule has 0 saturated carbocycles. The smallest absolute Gasteiger partial charge is 0.130 e. The monoisotopic (exact) mass is 315 g/mol. The largest absolute Gasteiger partial charge is 0.457 e. The van der Waals surface area contributed by atoms with Crippen LogP contribution in [-0.4, -0.2) is 0 Å². The van der Waals surface area contributed by atoms with Crippen molar-refractivity contribution in [1.29, 1.82) is 5.26 Å². The molecule has 2 aromatic rings. The second-order valence-corrected chi connectivity index (χ2v) is 5.49. The summed E-state index contributed by atoms with van der Waals surface area (Å²) in [4.78, 5) is 0. The van der Waals surface area contributed by atoms with Crippen LogP contribution in [0, 0.1) is 11.3 Å². The van der Waals surface area contributed by atoms with Crippen LogP contribution in [0.5, 0.6) is 11.5 Å². The molecule has 0 spiro atoms. The molecule has 3 heteroatoms. The lowest BCUT2D eigenvalue weighted by Crippen LogP contribution is -1.94. The zero-order chi connectivity index (χ0) is 13.8. The third kappa shape index (κ3) is 3.36. The van der Waals surface area contributed by atoms with Gasteiger partial charge in [0.15, 0.2) is 0 Å². The molecule has 0 aliphatic carbocycles. The van der Waals surface area contributed by atoms with Crippen molar-refractivity contribution in [2.75, 3.05) is 0 Å². The Labute approximate surface area is 121 Å². The molecular formula is C16H14BrNO. The molecule has 0 atom stereocenters. The van der Waals surface area contributed by atoms with Gasteiger partial charge in [-0.2, -0.15) is 5.26 Å². The van der Waals surface area contributed by atoms with Crippen molar-refractivity contribution in [3.05, 3.63) is 58.1 Å². The lowest BCUT2D eigenvalue weighted by atomic mass is 10.0. The van der Waals surface area contributed by atoms with Crippen LogP contribution in [0.4, 0.5) is 0 Å². The Kier molecular flexibility index (Phi) is 4.24. The maximum atomic E-state index is 8.90. The van der Waals surface area contributed by atoms with E-state index in [-0.39, 0.29) is 0 Å². The van der Waals surface area contributed by atoms with Crippen LogP contribution < -0.4 is 4.74 Å². The van der Waals surface area contributed by atoms with Crippen molar-refractivity contribution >= 4 is 15.9 Å². The molecule has 2 aromatic carbocycles. The van der Waals surface area contributed by atoms with E-state index in [9.17, 15) is 0 Å². The first kappa shape index (κ1) is 13.6. The van der Waals surface area contributed by atoms with E-state index in [0.29, 0.717) is 17.2 Å². The molecule has 0 aliphatic heterocycles. The third-order valence-corrected chi connectivity index (χ3v) is 3.28. The number of rotatable bonds is 3. The summed E-state index contributed by atoms with van der Waals surface area (Å²) >= 11 is 3.47. The number of benzene rings is 2. The number of hydrogen-bond donors (Lipinski definition) is 0. The summed E-state index contributed by atoms with van der Waals surface area (Å²) in [5.41, 5.74) is 1.73. The number of nitriles is 1. The highest BCUT2D eigenvalue weighted by Crippen LogP contribution is 2.32. The Morgan fingerprint density at radius 2 is 1.95 bits per heavy atom. The molecule has 0 radical (unpaired) electrons. The average molecular weight is 316 g/mol. The van der Waals surface area contributed by atoms with Crippen molar-refractivity contribution in [3.8, 4) is 17.6 Å². The summed E-state index contributed by atoms with van der Waals surface area (Å²) in [6.45, 7) is 4.25. The summed E-state index contributed by atoms with van der Waals surface area (Å²) in [5, 5.41) is 8.90. The SMILES string of the molecule is CC(C)c1cc(Br)ccc1Oc1cccc(C#N)c1. The van der Waals surface area contributed by atoms with Gasteiger partial charge in [0.1, 0.15) is 11.5 Å². The molecule has 0 N–H and O–H groups in total. The first-order chi connectivity index (χ1) is 9.10. The normalized spacial score (nSPS) is 10.3. The maximum absolute atomic E-state index is 8.90. The van der Waals surface area contributed by atoms with E-state index in [4.69, 9.17) is 10.00 Å². The predicted molar refractivity (Wildman–Crippen MR) is 79.5 cm³/mol. The van der Waals surface area contributed by atoms with Crippen LogP contribution in [0.25, 0.3) is 0 Å². The Hall–Kier alpha value is -1.79. The maximum Gasteiger partial charge on any atom is 0.130 e. The van der Waals surface area contributed by atoms with Crippen molar-refractivity contribution in [1.82, 2.24) is 0 Å². The second-order valence-electron chi connectivity index (χ2n) is 4.58. The van der Waals surface area contributed by atoms with Gasteiger partial charge in [0.25, 0.3) is 0 Å². The Morgan fingerprint density at radius 1 is 1.16 bits per heavy atom. The van der Waals surface area contributed by atoms with Gasteiger partial charge in [0.05, 0.1) is 11.6 Å². The number of nitrogens with zero attached hydrogens (tertiary/aromatic N) is 1. The van der Waals surface area contributed by atoms with Crippen LogP contribution in [0.2, 0.25) is 0 Å². The zero-order valence-corrected chi connectivity index (χ0v) is 12.4. The predicted octanol–water partition coefficient (Wildman–Crippen LogP) is 5.24. The summed E-state index contributed by atoms with van der Waals surface area (Å²) in [6, 6.07) is 15.3. The van der Waals surface area contributed by atoms with Gasteiger partial charge in [-0.05, 0) is 47.9 Å². The van der Waals surface area contributed by atoms with Gasteiger partial charge in [-0.15, -0.1) is 0 Å². The summed E-state index contributed by atoms with van der Waals surface area (Å²) in [7, 11) is 0. The second kappa shape index (κ2) is 5.90. The molecule has 96 valence electrons. The van der Waals surface area contributed by atoms with E-state index in [0.717, 1.165) is 15.8 Å². The molecule has 2 rings (SSSR count). The van der Waals surface area contributed by atoms with Crippen LogP contribution in [0.15, 0.2) is 46.9 Å². The molecule has 0 saturated heterocycles. The quantitative estimate of drug-likeness (QED) is 0.776. The minimum atomic E-state index is 0.367. The van der Waals surface area contributed by atoms with Crippen LogP contribution in [0.1, 0.15) is 30.9 Å². The van der Waals surface area contributed by atoms with Crippen molar-refractivity contribution in [2.45, 2.75) is 19.8 Å². The molecule has 0 amide bonds. The van der Waals surface area contributed by atoms with E-state index in [2.05, 4.69) is 41.9 Å². The summed E-state index contributed by atoms with van der Waals surface area (Å²) in [6.07, 6.45) is 0. The molecule has 2 nitrogen and oxygen atoms in total. The van der Waals surface area contributed by atoms with Gasteiger partial charge in [-0.25, -0.2) is 0 Å². The molecule has 0 heterocycles. The fourth-order valence-electron chi connectivity index (χ4n) is 1.82. The lowest BCUT2D eigenvalue weighted by Gasteiger charge is -2.14. The van der Waals surface area contributed by atoms with Gasteiger partial charge >= 0.3 is 0 Å².